The van der Waals surface area contributed by atoms with E-state index in [1.807, 2.05) is 62.9 Å². The maximum atomic E-state index is 11.7. The molecular formula is C25H34N4O4. The first-order chi connectivity index (χ1) is 15.7. The van der Waals surface area contributed by atoms with E-state index in [-0.39, 0.29) is 18.3 Å². The van der Waals surface area contributed by atoms with E-state index in [0.29, 0.717) is 23.1 Å². The SMILES string of the molecule is CC1CCCN(C(=O)OC(C)(C)C)C1.Cc1[nH]nc2nccc(Oc3ccc(CO)cc3)c12. The van der Waals surface area contributed by atoms with Gasteiger partial charge in [0.05, 0.1) is 12.0 Å². The lowest BCUT2D eigenvalue weighted by Gasteiger charge is -2.32. The molecule has 8 nitrogen and oxygen atoms in total. The molecule has 2 N–H and O–H groups in total. The van der Waals surface area contributed by atoms with Crippen LogP contribution in [0.5, 0.6) is 11.5 Å². The molecule has 4 rings (SSSR count). The standard InChI is InChI=1S/C14H13N3O2.C11H21NO2/c1-9-13-12(6-7-15-14(13)17-16-9)19-11-4-2-10(8-18)3-5-11;1-9-6-5-7-12(8-9)10(13)14-11(2,3)4/h2-7,18H,8H2,1H3,(H,15,16,17);9H,5-8H2,1-4H3. The number of pyridine rings is 1. The number of aromatic amines is 1. The number of likely N-dealkylation sites (tertiary alicyclic amines) is 1. The number of aryl methyl sites for hydroxylation is 1. The maximum absolute atomic E-state index is 11.7. The Morgan fingerprint density at radius 1 is 1.24 bits per heavy atom. The van der Waals surface area contributed by atoms with E-state index in [4.69, 9.17) is 14.6 Å². The predicted octanol–water partition coefficient (Wildman–Crippen LogP) is 5.20. The summed E-state index contributed by atoms with van der Waals surface area (Å²) in [5.74, 6) is 2.04. The van der Waals surface area contributed by atoms with Crippen LogP contribution in [-0.2, 0) is 11.3 Å². The van der Waals surface area contributed by atoms with Gasteiger partial charge in [-0.05, 0) is 70.2 Å². The molecule has 1 amide bonds. The number of ether oxygens (including phenoxy) is 2. The number of nitrogens with zero attached hydrogens (tertiary/aromatic N) is 3. The van der Waals surface area contributed by atoms with Gasteiger partial charge in [-0.2, -0.15) is 5.10 Å². The summed E-state index contributed by atoms with van der Waals surface area (Å²) in [6.45, 7) is 11.5. The van der Waals surface area contributed by atoms with Gasteiger partial charge in [-0.15, -0.1) is 0 Å². The average molecular weight is 455 g/mol. The van der Waals surface area contributed by atoms with Crippen molar-refractivity contribution >= 4 is 17.1 Å². The minimum absolute atomic E-state index is 0.0284. The molecule has 178 valence electrons. The molecule has 8 heteroatoms. The summed E-state index contributed by atoms with van der Waals surface area (Å²) in [6.07, 6.45) is 3.82. The zero-order valence-corrected chi connectivity index (χ0v) is 20.1. The van der Waals surface area contributed by atoms with Crippen molar-refractivity contribution in [1.82, 2.24) is 20.1 Å². The maximum Gasteiger partial charge on any atom is 0.410 e. The molecule has 3 heterocycles. The number of aliphatic hydroxyl groups excluding tert-OH is 1. The van der Waals surface area contributed by atoms with Crippen LogP contribution in [-0.4, -0.2) is 50.0 Å². The van der Waals surface area contributed by atoms with Gasteiger partial charge in [0.2, 0.25) is 0 Å². The van der Waals surface area contributed by atoms with Gasteiger partial charge >= 0.3 is 6.09 Å². The Hall–Kier alpha value is -3.13. The van der Waals surface area contributed by atoms with Gasteiger partial charge in [-0.3, -0.25) is 5.10 Å². The molecule has 2 aromatic heterocycles. The zero-order valence-electron chi connectivity index (χ0n) is 20.1. The molecule has 0 radical (unpaired) electrons. The first-order valence-corrected chi connectivity index (χ1v) is 11.3. The monoisotopic (exact) mass is 454 g/mol. The second-order valence-corrected chi connectivity index (χ2v) is 9.43. The van der Waals surface area contributed by atoms with Crippen molar-refractivity contribution in [3.63, 3.8) is 0 Å². The third kappa shape index (κ3) is 6.92. The molecule has 1 aromatic carbocycles. The van der Waals surface area contributed by atoms with E-state index < -0.39 is 0 Å². The highest BCUT2D eigenvalue weighted by molar-refractivity contribution is 5.84. The Bertz CT molecular complexity index is 1060. The van der Waals surface area contributed by atoms with Crippen LogP contribution >= 0.6 is 0 Å². The van der Waals surface area contributed by atoms with Crippen molar-refractivity contribution in [1.29, 1.82) is 0 Å². The highest BCUT2D eigenvalue weighted by atomic mass is 16.6. The first kappa shape index (κ1) is 24.5. The number of nitrogens with one attached hydrogen (secondary N) is 1. The third-order valence-electron chi connectivity index (χ3n) is 5.24. The van der Waals surface area contributed by atoms with Crippen LogP contribution in [0.4, 0.5) is 4.79 Å². The van der Waals surface area contributed by atoms with Crippen molar-refractivity contribution in [3.8, 4) is 11.5 Å². The Balaban J connectivity index is 0.000000196. The zero-order chi connectivity index (χ0) is 24.0. The van der Waals surface area contributed by atoms with Crippen LogP contribution in [0.3, 0.4) is 0 Å². The fraction of sp³-hybridized carbons (Fsp3) is 0.480. The molecule has 3 aromatic rings. The lowest BCUT2D eigenvalue weighted by molar-refractivity contribution is 0.0174. The quantitative estimate of drug-likeness (QED) is 0.564. The van der Waals surface area contributed by atoms with Gasteiger partial charge < -0.3 is 19.5 Å². The van der Waals surface area contributed by atoms with Gasteiger partial charge in [-0.1, -0.05) is 19.1 Å². The highest BCUT2D eigenvalue weighted by Crippen LogP contribution is 2.29. The lowest BCUT2D eigenvalue weighted by atomic mass is 10.0. The Kier molecular flexibility index (Phi) is 7.92. The van der Waals surface area contributed by atoms with Gasteiger partial charge in [-0.25, -0.2) is 9.78 Å². The highest BCUT2D eigenvalue weighted by Gasteiger charge is 2.25. The second kappa shape index (κ2) is 10.7. The summed E-state index contributed by atoms with van der Waals surface area (Å²) in [6, 6.07) is 9.12. The minimum atomic E-state index is -0.377. The van der Waals surface area contributed by atoms with Crippen LogP contribution < -0.4 is 4.74 Å². The smallest absolute Gasteiger partial charge is 0.410 e. The number of rotatable bonds is 3. The largest absolute Gasteiger partial charge is 0.456 e. The Labute approximate surface area is 194 Å². The molecule has 0 spiro atoms. The summed E-state index contributed by atoms with van der Waals surface area (Å²) in [4.78, 5) is 17.7. The number of piperidine rings is 1. The number of hydrogen-bond acceptors (Lipinski definition) is 6. The summed E-state index contributed by atoms with van der Waals surface area (Å²) in [7, 11) is 0. The van der Waals surface area contributed by atoms with Crippen LogP contribution in [0.2, 0.25) is 0 Å². The van der Waals surface area contributed by atoms with Crippen molar-refractivity contribution in [2.24, 2.45) is 5.92 Å². The van der Waals surface area contributed by atoms with Crippen molar-refractivity contribution in [3.05, 3.63) is 47.8 Å². The molecule has 1 unspecified atom stereocenters. The van der Waals surface area contributed by atoms with E-state index in [9.17, 15) is 4.79 Å². The van der Waals surface area contributed by atoms with Crippen molar-refractivity contribution < 1.29 is 19.4 Å². The number of carbonyl (C=O) groups is 1. The number of aromatic nitrogens is 3. The second-order valence-electron chi connectivity index (χ2n) is 9.43. The van der Waals surface area contributed by atoms with Crippen LogP contribution in [0.15, 0.2) is 36.5 Å². The fourth-order valence-electron chi connectivity index (χ4n) is 3.62. The number of hydrogen-bond donors (Lipinski definition) is 2. The van der Waals surface area contributed by atoms with Crippen LogP contribution in [0, 0.1) is 12.8 Å². The molecular weight excluding hydrogens is 420 g/mol. The van der Waals surface area contributed by atoms with Gasteiger partial charge in [0.25, 0.3) is 0 Å². The number of benzene rings is 1. The lowest BCUT2D eigenvalue weighted by Crippen LogP contribution is -2.42. The molecule has 33 heavy (non-hydrogen) atoms. The van der Waals surface area contributed by atoms with Gasteiger partial charge in [0, 0.05) is 25.0 Å². The number of fused-ring (bicyclic) bond motifs is 1. The predicted molar refractivity (Wildman–Crippen MR) is 127 cm³/mol. The summed E-state index contributed by atoms with van der Waals surface area (Å²) < 4.78 is 11.2. The first-order valence-electron chi connectivity index (χ1n) is 11.3. The fourth-order valence-corrected chi connectivity index (χ4v) is 3.62. The molecule has 1 aliphatic rings. The Morgan fingerprint density at radius 3 is 2.61 bits per heavy atom. The topological polar surface area (TPSA) is 101 Å². The minimum Gasteiger partial charge on any atom is -0.456 e. The molecule has 0 aliphatic carbocycles. The van der Waals surface area contributed by atoms with E-state index in [2.05, 4.69) is 22.1 Å². The number of amides is 1. The molecule has 0 saturated carbocycles. The van der Waals surface area contributed by atoms with Gasteiger partial charge in [0.1, 0.15) is 17.1 Å². The molecule has 1 fully saturated rings. The normalized spacial score (nSPS) is 16.2. The van der Waals surface area contributed by atoms with E-state index in [1.54, 1.807) is 6.20 Å². The Morgan fingerprint density at radius 2 is 1.97 bits per heavy atom. The van der Waals surface area contributed by atoms with Gasteiger partial charge in [0.15, 0.2) is 5.65 Å². The van der Waals surface area contributed by atoms with Crippen molar-refractivity contribution in [2.45, 2.75) is 59.7 Å². The van der Waals surface area contributed by atoms with Crippen LogP contribution in [0.1, 0.15) is 51.8 Å². The third-order valence-corrected chi connectivity index (χ3v) is 5.24. The summed E-state index contributed by atoms with van der Waals surface area (Å²) >= 11 is 0. The molecule has 1 saturated heterocycles. The molecule has 1 aliphatic heterocycles. The van der Waals surface area contributed by atoms with E-state index in [1.165, 1.54) is 6.42 Å². The molecule has 0 bridgehead atoms. The number of carbonyl (C=O) groups excluding carboxylic acids is 1. The average Bonchev–Trinajstić information content (AvgIpc) is 3.15. The summed E-state index contributed by atoms with van der Waals surface area (Å²) in [5, 5.41) is 16.9. The number of aliphatic hydroxyl groups is 1. The van der Waals surface area contributed by atoms with E-state index >= 15 is 0 Å². The van der Waals surface area contributed by atoms with Crippen molar-refractivity contribution in [2.75, 3.05) is 13.1 Å². The molecule has 1 atom stereocenters. The number of H-pyrrole nitrogens is 1. The summed E-state index contributed by atoms with van der Waals surface area (Å²) in [5.41, 5.74) is 2.04. The van der Waals surface area contributed by atoms with E-state index in [0.717, 1.165) is 36.2 Å². The van der Waals surface area contributed by atoms with Crippen LogP contribution in [0.25, 0.3) is 11.0 Å².